The molecular formula is C15H14BrClN2O2. The first-order valence-electron chi connectivity index (χ1n) is 6.11. The molecule has 0 aliphatic carbocycles. The van der Waals surface area contributed by atoms with Crippen molar-refractivity contribution in [3.8, 4) is 11.5 Å². The number of methoxy groups -OCH3 is 1. The van der Waals surface area contributed by atoms with Crippen LogP contribution >= 0.6 is 27.5 Å². The van der Waals surface area contributed by atoms with Gasteiger partial charge < -0.3 is 15.2 Å². The highest BCUT2D eigenvalue weighted by atomic mass is 79.9. The van der Waals surface area contributed by atoms with Gasteiger partial charge in [0.1, 0.15) is 23.9 Å². The third-order valence-corrected chi connectivity index (χ3v) is 3.79. The summed E-state index contributed by atoms with van der Waals surface area (Å²) in [6, 6.07) is 10.8. The van der Waals surface area contributed by atoms with Crippen molar-refractivity contribution in [3.05, 3.63) is 57.0 Å². The molecule has 0 aromatic heterocycles. The van der Waals surface area contributed by atoms with Crippen LogP contribution in [0.5, 0.6) is 11.5 Å². The van der Waals surface area contributed by atoms with E-state index in [2.05, 4.69) is 15.9 Å². The van der Waals surface area contributed by atoms with E-state index in [0.717, 1.165) is 15.8 Å². The maximum Gasteiger partial charge on any atom is 0.133 e. The predicted octanol–water partition coefficient (Wildman–Crippen LogP) is 3.97. The van der Waals surface area contributed by atoms with E-state index in [1.807, 2.05) is 18.2 Å². The predicted molar refractivity (Wildman–Crippen MR) is 87.5 cm³/mol. The van der Waals surface area contributed by atoms with E-state index in [1.54, 1.807) is 25.3 Å². The Hall–Kier alpha value is -1.72. The topological polar surface area (TPSA) is 68.3 Å². The molecular weight excluding hydrogens is 356 g/mol. The molecule has 0 fully saturated rings. The maximum absolute atomic E-state index is 7.58. The number of benzene rings is 2. The van der Waals surface area contributed by atoms with Crippen molar-refractivity contribution in [2.75, 3.05) is 7.11 Å². The lowest BCUT2D eigenvalue weighted by atomic mass is 10.2. The quantitative estimate of drug-likeness (QED) is 0.619. The van der Waals surface area contributed by atoms with Crippen LogP contribution in [-0.2, 0) is 6.61 Å². The summed E-state index contributed by atoms with van der Waals surface area (Å²) < 4.78 is 11.8. The second-order valence-corrected chi connectivity index (χ2v) is 5.55. The Morgan fingerprint density at radius 2 is 2.05 bits per heavy atom. The normalized spacial score (nSPS) is 10.2. The molecule has 3 N–H and O–H groups in total. The zero-order valence-electron chi connectivity index (χ0n) is 11.3. The Kier molecular flexibility index (Phi) is 5.09. The highest BCUT2D eigenvalue weighted by molar-refractivity contribution is 9.10. The molecule has 0 unspecified atom stereocenters. The van der Waals surface area contributed by atoms with Crippen molar-refractivity contribution in [2.24, 2.45) is 5.73 Å². The Labute approximate surface area is 136 Å². The number of nitrogens with two attached hydrogens (primary N) is 1. The van der Waals surface area contributed by atoms with Gasteiger partial charge in [-0.1, -0.05) is 23.7 Å². The van der Waals surface area contributed by atoms with Gasteiger partial charge in [0.05, 0.1) is 22.2 Å². The second-order valence-electron chi connectivity index (χ2n) is 4.28. The molecule has 0 bridgehead atoms. The summed E-state index contributed by atoms with van der Waals surface area (Å²) in [7, 11) is 1.61. The number of rotatable bonds is 5. The molecule has 0 saturated heterocycles. The summed E-state index contributed by atoms with van der Waals surface area (Å²) in [5.74, 6) is 1.12. The molecule has 0 heterocycles. The molecule has 0 radical (unpaired) electrons. The van der Waals surface area contributed by atoms with Gasteiger partial charge in [-0.2, -0.15) is 0 Å². The fourth-order valence-electron chi connectivity index (χ4n) is 1.85. The average molecular weight is 370 g/mol. The Morgan fingerprint density at radius 1 is 1.29 bits per heavy atom. The van der Waals surface area contributed by atoms with Gasteiger partial charge in [-0.3, -0.25) is 5.41 Å². The first-order chi connectivity index (χ1) is 10.0. The van der Waals surface area contributed by atoms with E-state index in [1.165, 1.54) is 0 Å². The van der Waals surface area contributed by atoms with Gasteiger partial charge in [-0.25, -0.2) is 0 Å². The van der Waals surface area contributed by atoms with Crippen LogP contribution in [0.2, 0.25) is 5.02 Å². The van der Waals surface area contributed by atoms with Crippen LogP contribution in [0.4, 0.5) is 0 Å². The van der Waals surface area contributed by atoms with Crippen LogP contribution < -0.4 is 15.2 Å². The van der Waals surface area contributed by atoms with E-state index in [-0.39, 0.29) is 5.84 Å². The van der Waals surface area contributed by atoms with Crippen molar-refractivity contribution in [1.29, 1.82) is 5.41 Å². The average Bonchev–Trinajstić information content (AvgIpc) is 2.44. The molecule has 0 spiro atoms. The summed E-state index contributed by atoms with van der Waals surface area (Å²) >= 11 is 9.47. The lowest BCUT2D eigenvalue weighted by molar-refractivity contribution is 0.305. The van der Waals surface area contributed by atoms with Gasteiger partial charge in [0.25, 0.3) is 0 Å². The minimum atomic E-state index is -0.119. The largest absolute Gasteiger partial charge is 0.496 e. The summed E-state index contributed by atoms with van der Waals surface area (Å²) in [4.78, 5) is 0. The fourth-order valence-corrected chi connectivity index (χ4v) is 2.70. The minimum Gasteiger partial charge on any atom is -0.496 e. The van der Waals surface area contributed by atoms with Crippen LogP contribution in [0.3, 0.4) is 0 Å². The number of ether oxygens (including phenoxy) is 2. The third-order valence-electron chi connectivity index (χ3n) is 2.86. The van der Waals surface area contributed by atoms with Crippen molar-refractivity contribution < 1.29 is 9.47 Å². The first-order valence-corrected chi connectivity index (χ1v) is 7.28. The molecule has 110 valence electrons. The van der Waals surface area contributed by atoms with Crippen LogP contribution in [0, 0.1) is 5.41 Å². The second kappa shape index (κ2) is 6.83. The van der Waals surface area contributed by atoms with E-state index in [0.29, 0.717) is 22.9 Å². The molecule has 0 saturated carbocycles. The monoisotopic (exact) mass is 368 g/mol. The summed E-state index contributed by atoms with van der Waals surface area (Å²) in [5, 5.41) is 7.98. The standard InChI is InChI=1S/C15H14BrClN2O2/c1-20-12-6-5-9(7-10(12)16)8-21-13-4-2-3-11(17)14(13)15(18)19/h2-7H,8H2,1H3,(H3,18,19). The molecule has 0 amide bonds. The SMILES string of the molecule is COc1ccc(COc2cccc(Cl)c2C(=N)N)cc1Br. The summed E-state index contributed by atoms with van der Waals surface area (Å²) in [6.45, 7) is 0.337. The van der Waals surface area contributed by atoms with Gasteiger partial charge in [-0.15, -0.1) is 0 Å². The molecule has 0 atom stereocenters. The maximum atomic E-state index is 7.58. The van der Waals surface area contributed by atoms with Crippen molar-refractivity contribution in [2.45, 2.75) is 6.61 Å². The highest BCUT2D eigenvalue weighted by Gasteiger charge is 2.11. The van der Waals surface area contributed by atoms with Gasteiger partial charge in [0.15, 0.2) is 0 Å². The third kappa shape index (κ3) is 3.68. The smallest absolute Gasteiger partial charge is 0.133 e. The van der Waals surface area contributed by atoms with E-state index in [9.17, 15) is 0 Å². The molecule has 21 heavy (non-hydrogen) atoms. The summed E-state index contributed by atoms with van der Waals surface area (Å²) in [6.07, 6.45) is 0. The summed E-state index contributed by atoms with van der Waals surface area (Å²) in [5.41, 5.74) is 6.91. The number of halogens is 2. The Morgan fingerprint density at radius 3 is 2.67 bits per heavy atom. The van der Waals surface area contributed by atoms with Gasteiger partial charge >= 0.3 is 0 Å². The van der Waals surface area contributed by atoms with Gasteiger partial charge in [0.2, 0.25) is 0 Å². The zero-order chi connectivity index (χ0) is 15.4. The van der Waals surface area contributed by atoms with Crippen molar-refractivity contribution >= 4 is 33.4 Å². The molecule has 2 aromatic rings. The van der Waals surface area contributed by atoms with E-state index < -0.39 is 0 Å². The molecule has 4 nitrogen and oxygen atoms in total. The van der Waals surface area contributed by atoms with E-state index >= 15 is 0 Å². The number of amidine groups is 1. The molecule has 2 aromatic carbocycles. The molecule has 0 aliphatic rings. The van der Waals surface area contributed by atoms with Crippen LogP contribution in [0.15, 0.2) is 40.9 Å². The van der Waals surface area contributed by atoms with Gasteiger partial charge in [-0.05, 0) is 45.8 Å². The lowest BCUT2D eigenvalue weighted by Gasteiger charge is -2.12. The number of hydrogen-bond donors (Lipinski definition) is 2. The Bertz CT molecular complexity index is 677. The first kappa shape index (κ1) is 15.7. The number of nitrogens with one attached hydrogen (secondary N) is 1. The van der Waals surface area contributed by atoms with Crippen LogP contribution in [0.25, 0.3) is 0 Å². The number of nitrogen functional groups attached to an aromatic ring is 1. The van der Waals surface area contributed by atoms with Crippen molar-refractivity contribution in [3.63, 3.8) is 0 Å². The van der Waals surface area contributed by atoms with Crippen LogP contribution in [-0.4, -0.2) is 12.9 Å². The highest BCUT2D eigenvalue weighted by Crippen LogP contribution is 2.28. The van der Waals surface area contributed by atoms with Gasteiger partial charge in [0, 0.05) is 0 Å². The van der Waals surface area contributed by atoms with E-state index in [4.69, 9.17) is 32.2 Å². The van der Waals surface area contributed by atoms with Crippen LogP contribution in [0.1, 0.15) is 11.1 Å². The number of hydrogen-bond acceptors (Lipinski definition) is 3. The lowest BCUT2D eigenvalue weighted by Crippen LogP contribution is -2.13. The Balaban J connectivity index is 2.19. The molecule has 2 rings (SSSR count). The fraction of sp³-hybridized carbons (Fsp3) is 0.133. The van der Waals surface area contributed by atoms with Crippen molar-refractivity contribution in [1.82, 2.24) is 0 Å². The molecule has 0 aliphatic heterocycles. The minimum absolute atomic E-state index is 0.119. The molecule has 6 heteroatoms. The zero-order valence-corrected chi connectivity index (χ0v) is 13.7.